The summed E-state index contributed by atoms with van der Waals surface area (Å²) in [6.45, 7) is 0. The topological polar surface area (TPSA) is 53.7 Å². The molecule has 0 aromatic heterocycles. The Balaban J connectivity index is 2.36. The number of nitrogens with two attached hydrogens (primary N) is 1. The van der Waals surface area contributed by atoms with E-state index in [0.717, 1.165) is 22.8 Å². The van der Waals surface area contributed by atoms with Crippen LogP contribution in [0, 0.1) is 5.92 Å². The first-order chi connectivity index (χ1) is 9.71. The molecule has 20 heavy (non-hydrogen) atoms. The molecular weight excluding hydrogens is 254 g/mol. The van der Waals surface area contributed by atoms with Gasteiger partial charge in [0.2, 0.25) is 0 Å². The van der Waals surface area contributed by atoms with E-state index in [1.807, 2.05) is 12.1 Å². The summed E-state index contributed by atoms with van der Waals surface area (Å²) >= 11 is 0. The SMILES string of the molecule is COc1cc(OC)c([C@@H](N)C2CCCCC2)c(OC)c1. The highest BCUT2D eigenvalue weighted by molar-refractivity contribution is 5.52. The maximum Gasteiger partial charge on any atom is 0.131 e. The van der Waals surface area contributed by atoms with Gasteiger partial charge in [0, 0.05) is 18.2 Å². The van der Waals surface area contributed by atoms with Crippen molar-refractivity contribution in [3.63, 3.8) is 0 Å². The van der Waals surface area contributed by atoms with Gasteiger partial charge in [-0.1, -0.05) is 19.3 Å². The molecule has 0 saturated heterocycles. The first kappa shape index (κ1) is 15.0. The molecule has 112 valence electrons. The van der Waals surface area contributed by atoms with E-state index in [1.54, 1.807) is 21.3 Å². The molecule has 1 fully saturated rings. The van der Waals surface area contributed by atoms with Crippen molar-refractivity contribution in [1.29, 1.82) is 0 Å². The molecule has 0 bridgehead atoms. The van der Waals surface area contributed by atoms with Crippen molar-refractivity contribution in [1.82, 2.24) is 0 Å². The van der Waals surface area contributed by atoms with Crippen molar-refractivity contribution < 1.29 is 14.2 Å². The third-order valence-corrected chi connectivity index (χ3v) is 4.24. The molecule has 1 saturated carbocycles. The minimum atomic E-state index is -0.0499. The zero-order valence-electron chi connectivity index (χ0n) is 12.6. The van der Waals surface area contributed by atoms with Gasteiger partial charge in [-0.2, -0.15) is 0 Å². The summed E-state index contributed by atoms with van der Waals surface area (Å²) in [6.07, 6.45) is 6.21. The van der Waals surface area contributed by atoms with Crippen LogP contribution in [0.5, 0.6) is 17.2 Å². The van der Waals surface area contributed by atoms with Gasteiger partial charge in [-0.15, -0.1) is 0 Å². The first-order valence-electron chi connectivity index (χ1n) is 7.26. The predicted molar refractivity (Wildman–Crippen MR) is 79.6 cm³/mol. The maximum atomic E-state index is 6.51. The molecule has 1 aliphatic rings. The zero-order valence-corrected chi connectivity index (χ0v) is 12.6. The number of hydrogen-bond donors (Lipinski definition) is 1. The lowest BCUT2D eigenvalue weighted by Crippen LogP contribution is -2.24. The highest BCUT2D eigenvalue weighted by Crippen LogP contribution is 2.43. The van der Waals surface area contributed by atoms with Crippen molar-refractivity contribution in [3.05, 3.63) is 17.7 Å². The normalized spacial score (nSPS) is 17.6. The van der Waals surface area contributed by atoms with Crippen LogP contribution in [0.2, 0.25) is 0 Å². The van der Waals surface area contributed by atoms with Crippen molar-refractivity contribution >= 4 is 0 Å². The Labute approximate surface area is 121 Å². The lowest BCUT2D eigenvalue weighted by atomic mass is 9.81. The second-order valence-electron chi connectivity index (χ2n) is 5.37. The largest absolute Gasteiger partial charge is 0.496 e. The Hall–Kier alpha value is -1.42. The quantitative estimate of drug-likeness (QED) is 0.898. The molecule has 0 unspecified atom stereocenters. The molecule has 0 radical (unpaired) electrons. The molecule has 0 spiro atoms. The van der Waals surface area contributed by atoms with Gasteiger partial charge in [-0.05, 0) is 18.8 Å². The van der Waals surface area contributed by atoms with E-state index >= 15 is 0 Å². The molecule has 1 aromatic carbocycles. The second kappa shape index (κ2) is 6.84. The molecule has 1 aromatic rings. The number of hydrogen-bond acceptors (Lipinski definition) is 4. The van der Waals surface area contributed by atoms with Gasteiger partial charge in [0.05, 0.1) is 26.9 Å². The fourth-order valence-corrected chi connectivity index (χ4v) is 3.09. The third kappa shape index (κ3) is 3.01. The fraction of sp³-hybridized carbons (Fsp3) is 0.625. The number of benzene rings is 1. The van der Waals surface area contributed by atoms with Gasteiger partial charge in [-0.25, -0.2) is 0 Å². The lowest BCUT2D eigenvalue weighted by molar-refractivity contribution is 0.291. The lowest BCUT2D eigenvalue weighted by Gasteiger charge is -2.29. The third-order valence-electron chi connectivity index (χ3n) is 4.24. The Kier molecular flexibility index (Phi) is 5.12. The van der Waals surface area contributed by atoms with E-state index in [-0.39, 0.29) is 6.04 Å². The van der Waals surface area contributed by atoms with E-state index < -0.39 is 0 Å². The molecular formula is C16H25NO3. The van der Waals surface area contributed by atoms with Gasteiger partial charge in [0.1, 0.15) is 17.2 Å². The van der Waals surface area contributed by atoms with Crippen LogP contribution >= 0.6 is 0 Å². The van der Waals surface area contributed by atoms with Crippen LogP contribution in [0.4, 0.5) is 0 Å². The van der Waals surface area contributed by atoms with Crippen molar-refractivity contribution in [2.75, 3.05) is 21.3 Å². The number of methoxy groups -OCH3 is 3. The number of ether oxygens (including phenoxy) is 3. The summed E-state index contributed by atoms with van der Waals surface area (Å²) in [5, 5.41) is 0. The summed E-state index contributed by atoms with van der Waals surface area (Å²) in [5.74, 6) is 2.72. The molecule has 0 amide bonds. The summed E-state index contributed by atoms with van der Waals surface area (Å²) in [5.41, 5.74) is 7.47. The predicted octanol–water partition coefficient (Wildman–Crippen LogP) is 3.29. The highest BCUT2D eigenvalue weighted by Gasteiger charge is 2.27. The van der Waals surface area contributed by atoms with Crippen LogP contribution in [0.3, 0.4) is 0 Å². The fourth-order valence-electron chi connectivity index (χ4n) is 3.09. The number of rotatable bonds is 5. The van der Waals surface area contributed by atoms with Crippen LogP contribution in [0.15, 0.2) is 12.1 Å². The molecule has 1 atom stereocenters. The Morgan fingerprint density at radius 2 is 1.50 bits per heavy atom. The van der Waals surface area contributed by atoms with Crippen molar-refractivity contribution in [2.45, 2.75) is 38.1 Å². The zero-order chi connectivity index (χ0) is 14.5. The van der Waals surface area contributed by atoms with Crippen LogP contribution in [-0.2, 0) is 0 Å². The van der Waals surface area contributed by atoms with Crippen LogP contribution in [0.25, 0.3) is 0 Å². The van der Waals surface area contributed by atoms with E-state index in [9.17, 15) is 0 Å². The molecule has 2 N–H and O–H groups in total. The summed E-state index contributed by atoms with van der Waals surface area (Å²) in [7, 11) is 4.95. The van der Waals surface area contributed by atoms with Gasteiger partial charge < -0.3 is 19.9 Å². The maximum absolute atomic E-state index is 6.51. The van der Waals surface area contributed by atoms with Crippen molar-refractivity contribution in [2.24, 2.45) is 11.7 Å². The molecule has 4 heteroatoms. The average molecular weight is 279 g/mol. The minimum absolute atomic E-state index is 0.0499. The molecule has 1 aliphatic carbocycles. The van der Waals surface area contributed by atoms with Gasteiger partial charge in [0.25, 0.3) is 0 Å². The summed E-state index contributed by atoms with van der Waals surface area (Å²) in [6, 6.07) is 3.70. The van der Waals surface area contributed by atoms with Gasteiger partial charge in [0.15, 0.2) is 0 Å². The van der Waals surface area contributed by atoms with E-state index in [0.29, 0.717) is 5.92 Å². The Morgan fingerprint density at radius 1 is 0.950 bits per heavy atom. The standard InChI is InChI=1S/C16H25NO3/c1-18-12-9-13(19-2)15(14(10-12)20-3)16(17)11-7-5-4-6-8-11/h9-11,16H,4-8,17H2,1-3H3/t16-/m0/s1. The molecule has 0 heterocycles. The van der Waals surface area contributed by atoms with E-state index in [4.69, 9.17) is 19.9 Å². The minimum Gasteiger partial charge on any atom is -0.496 e. The summed E-state index contributed by atoms with van der Waals surface area (Å²) in [4.78, 5) is 0. The molecule has 2 rings (SSSR count). The van der Waals surface area contributed by atoms with Gasteiger partial charge in [-0.3, -0.25) is 0 Å². The molecule has 4 nitrogen and oxygen atoms in total. The van der Waals surface area contributed by atoms with Crippen LogP contribution in [0.1, 0.15) is 43.7 Å². The smallest absolute Gasteiger partial charge is 0.131 e. The monoisotopic (exact) mass is 279 g/mol. The molecule has 0 aliphatic heterocycles. The van der Waals surface area contributed by atoms with Gasteiger partial charge >= 0.3 is 0 Å². The second-order valence-corrected chi connectivity index (χ2v) is 5.37. The van der Waals surface area contributed by atoms with Crippen LogP contribution < -0.4 is 19.9 Å². The Bertz CT molecular complexity index is 416. The average Bonchev–Trinajstić information content (AvgIpc) is 2.53. The van der Waals surface area contributed by atoms with Crippen molar-refractivity contribution in [3.8, 4) is 17.2 Å². The first-order valence-corrected chi connectivity index (χ1v) is 7.26. The van der Waals surface area contributed by atoms with E-state index in [1.165, 1.54) is 32.1 Å². The van der Waals surface area contributed by atoms with Crippen LogP contribution in [-0.4, -0.2) is 21.3 Å². The van der Waals surface area contributed by atoms with E-state index in [2.05, 4.69) is 0 Å². The summed E-state index contributed by atoms with van der Waals surface area (Å²) < 4.78 is 16.3. The highest BCUT2D eigenvalue weighted by atomic mass is 16.5. The Morgan fingerprint density at radius 3 is 1.95 bits per heavy atom.